The van der Waals surface area contributed by atoms with Crippen LogP contribution in [0, 0.1) is 0 Å². The van der Waals surface area contributed by atoms with E-state index >= 15 is 0 Å². The standard InChI is InChI=1S/C20H20N2O4/c1-10(2)19-18(24)12-5-6-15-17(20(12)26-19)13(9-16(23)25-15)14-7-8-21-22(14)11(3)4/h5-8,11,13H,9H2,1-4H3/t13-/m0/s1. The van der Waals surface area contributed by atoms with Crippen molar-refractivity contribution < 1.29 is 19.1 Å². The molecule has 2 aromatic rings. The summed E-state index contributed by atoms with van der Waals surface area (Å²) in [5.41, 5.74) is 2.98. The summed E-state index contributed by atoms with van der Waals surface area (Å²) in [4.78, 5) is 24.8. The first kappa shape index (κ1) is 16.6. The summed E-state index contributed by atoms with van der Waals surface area (Å²) in [6, 6.07) is 5.41. The van der Waals surface area contributed by atoms with E-state index < -0.39 is 0 Å². The fraction of sp³-hybridized carbons (Fsp3) is 0.350. The van der Waals surface area contributed by atoms with Gasteiger partial charge in [0.1, 0.15) is 11.5 Å². The number of benzene rings is 1. The number of carbonyl (C=O) groups is 2. The quantitative estimate of drug-likeness (QED) is 0.467. The fourth-order valence-electron chi connectivity index (χ4n) is 3.61. The number of carbonyl (C=O) groups excluding carboxylic acids is 2. The molecule has 134 valence electrons. The molecule has 26 heavy (non-hydrogen) atoms. The van der Waals surface area contributed by atoms with Crippen LogP contribution in [0.5, 0.6) is 11.5 Å². The lowest BCUT2D eigenvalue weighted by molar-refractivity contribution is -0.135. The van der Waals surface area contributed by atoms with Crippen LogP contribution in [0.25, 0.3) is 0 Å². The maximum atomic E-state index is 12.6. The van der Waals surface area contributed by atoms with Crippen molar-refractivity contribution >= 4 is 11.8 Å². The molecule has 0 spiro atoms. The molecular formula is C20H20N2O4. The first-order valence-electron chi connectivity index (χ1n) is 8.69. The van der Waals surface area contributed by atoms with Gasteiger partial charge in [0.15, 0.2) is 5.76 Å². The highest BCUT2D eigenvalue weighted by Crippen LogP contribution is 2.49. The molecule has 4 rings (SSSR count). The maximum absolute atomic E-state index is 12.6. The Morgan fingerprint density at radius 3 is 2.65 bits per heavy atom. The van der Waals surface area contributed by atoms with Crippen LogP contribution >= 0.6 is 0 Å². The summed E-state index contributed by atoms with van der Waals surface area (Å²) >= 11 is 0. The highest BCUT2D eigenvalue weighted by Gasteiger charge is 2.39. The van der Waals surface area contributed by atoms with Gasteiger partial charge in [-0.1, -0.05) is 0 Å². The van der Waals surface area contributed by atoms with Gasteiger partial charge in [-0.25, -0.2) is 0 Å². The van der Waals surface area contributed by atoms with Crippen molar-refractivity contribution in [3.63, 3.8) is 0 Å². The van der Waals surface area contributed by atoms with Gasteiger partial charge in [-0.3, -0.25) is 14.3 Å². The van der Waals surface area contributed by atoms with Crippen molar-refractivity contribution in [3.05, 3.63) is 52.5 Å². The van der Waals surface area contributed by atoms with E-state index in [2.05, 4.69) is 5.10 Å². The minimum absolute atomic E-state index is 0.129. The summed E-state index contributed by atoms with van der Waals surface area (Å²) in [6.07, 6.45) is 1.91. The number of nitrogens with zero attached hydrogens (tertiary/aromatic N) is 2. The zero-order valence-electron chi connectivity index (χ0n) is 15.2. The van der Waals surface area contributed by atoms with Gasteiger partial charge in [0.2, 0.25) is 5.78 Å². The zero-order chi connectivity index (χ0) is 18.6. The van der Waals surface area contributed by atoms with Gasteiger partial charge in [0.25, 0.3) is 0 Å². The number of rotatable bonds is 2. The Kier molecular flexibility index (Phi) is 3.72. The van der Waals surface area contributed by atoms with Crippen LogP contribution < -0.4 is 9.47 Å². The van der Waals surface area contributed by atoms with E-state index in [0.717, 1.165) is 16.8 Å². The monoisotopic (exact) mass is 352 g/mol. The van der Waals surface area contributed by atoms with Crippen LogP contribution in [0.4, 0.5) is 0 Å². The molecule has 0 aliphatic carbocycles. The SMILES string of the molecule is CC(C)=C1Oc2c(ccc3c2[C@H](c2ccnn2C(C)C)CC(=O)O3)C1=O. The second-order valence-electron chi connectivity index (χ2n) is 7.14. The lowest BCUT2D eigenvalue weighted by Crippen LogP contribution is -2.24. The van der Waals surface area contributed by atoms with Crippen LogP contribution in [-0.4, -0.2) is 21.5 Å². The molecule has 0 bridgehead atoms. The number of allylic oxidation sites excluding steroid dienone is 2. The van der Waals surface area contributed by atoms with Crippen LogP contribution in [0.15, 0.2) is 35.7 Å². The normalized spacial score (nSPS) is 18.5. The molecule has 6 nitrogen and oxygen atoms in total. The molecule has 1 aromatic heterocycles. The number of hydrogen-bond acceptors (Lipinski definition) is 5. The summed E-state index contributed by atoms with van der Waals surface area (Å²) in [6.45, 7) is 7.76. The molecule has 0 N–H and O–H groups in total. The molecule has 1 atom stereocenters. The Morgan fingerprint density at radius 2 is 1.96 bits per heavy atom. The third-order valence-electron chi connectivity index (χ3n) is 4.76. The van der Waals surface area contributed by atoms with Gasteiger partial charge < -0.3 is 9.47 Å². The molecule has 2 aliphatic rings. The average Bonchev–Trinajstić information content (AvgIpc) is 3.19. The third kappa shape index (κ3) is 2.36. The van der Waals surface area contributed by atoms with Gasteiger partial charge in [-0.2, -0.15) is 5.10 Å². The van der Waals surface area contributed by atoms with E-state index in [-0.39, 0.29) is 30.1 Å². The first-order chi connectivity index (χ1) is 12.4. The number of ether oxygens (including phenoxy) is 2. The Morgan fingerprint density at radius 1 is 1.19 bits per heavy atom. The molecule has 0 fully saturated rings. The number of aromatic nitrogens is 2. The molecule has 0 amide bonds. The third-order valence-corrected chi connectivity index (χ3v) is 4.76. The Bertz CT molecular complexity index is 964. The molecule has 0 radical (unpaired) electrons. The predicted octanol–water partition coefficient (Wildman–Crippen LogP) is 3.77. The molecule has 2 aliphatic heterocycles. The van der Waals surface area contributed by atoms with Crippen molar-refractivity contribution in [1.29, 1.82) is 0 Å². The van der Waals surface area contributed by atoms with E-state index in [1.807, 2.05) is 38.4 Å². The Balaban J connectivity index is 1.93. The van der Waals surface area contributed by atoms with Crippen LogP contribution in [0.1, 0.15) is 67.7 Å². The van der Waals surface area contributed by atoms with Crippen LogP contribution in [0.2, 0.25) is 0 Å². The van der Waals surface area contributed by atoms with Crippen LogP contribution in [-0.2, 0) is 4.79 Å². The predicted molar refractivity (Wildman–Crippen MR) is 94.5 cm³/mol. The van der Waals surface area contributed by atoms with E-state index in [1.54, 1.807) is 18.3 Å². The molecule has 0 unspecified atom stereocenters. The van der Waals surface area contributed by atoms with Gasteiger partial charge in [0, 0.05) is 29.4 Å². The van der Waals surface area contributed by atoms with E-state index in [0.29, 0.717) is 22.8 Å². The highest BCUT2D eigenvalue weighted by atomic mass is 16.5. The topological polar surface area (TPSA) is 70.4 Å². The van der Waals surface area contributed by atoms with Gasteiger partial charge in [0.05, 0.1) is 12.0 Å². The second kappa shape index (κ2) is 5.83. The largest absolute Gasteiger partial charge is 0.452 e. The number of hydrogen-bond donors (Lipinski definition) is 0. The summed E-state index contributed by atoms with van der Waals surface area (Å²) in [5, 5.41) is 4.39. The van der Waals surface area contributed by atoms with E-state index in [1.165, 1.54) is 0 Å². The summed E-state index contributed by atoms with van der Waals surface area (Å²) in [7, 11) is 0. The van der Waals surface area contributed by atoms with Crippen molar-refractivity contribution in [2.45, 2.75) is 46.1 Å². The van der Waals surface area contributed by atoms with Crippen LogP contribution in [0.3, 0.4) is 0 Å². The maximum Gasteiger partial charge on any atom is 0.312 e. The number of esters is 1. The highest BCUT2D eigenvalue weighted by molar-refractivity contribution is 6.13. The van der Waals surface area contributed by atoms with Crippen molar-refractivity contribution in [3.8, 4) is 11.5 Å². The Hall–Kier alpha value is -2.89. The van der Waals surface area contributed by atoms with E-state index in [4.69, 9.17) is 9.47 Å². The number of Topliss-reactive ketones (excluding diaryl/α,β-unsaturated/α-hetero) is 1. The van der Waals surface area contributed by atoms with Crippen molar-refractivity contribution in [2.75, 3.05) is 0 Å². The summed E-state index contributed by atoms with van der Waals surface area (Å²) in [5.74, 6) is 0.598. The van der Waals surface area contributed by atoms with Gasteiger partial charge in [-0.15, -0.1) is 0 Å². The second-order valence-corrected chi connectivity index (χ2v) is 7.14. The van der Waals surface area contributed by atoms with Gasteiger partial charge in [-0.05, 0) is 51.5 Å². The van der Waals surface area contributed by atoms with Crippen molar-refractivity contribution in [1.82, 2.24) is 9.78 Å². The fourth-order valence-corrected chi connectivity index (χ4v) is 3.61. The number of ketones is 1. The average molecular weight is 352 g/mol. The minimum atomic E-state index is -0.300. The molecule has 6 heteroatoms. The lowest BCUT2D eigenvalue weighted by Gasteiger charge is -2.27. The molecule has 3 heterocycles. The van der Waals surface area contributed by atoms with E-state index in [9.17, 15) is 9.59 Å². The lowest BCUT2D eigenvalue weighted by atomic mass is 9.87. The minimum Gasteiger partial charge on any atom is -0.452 e. The smallest absolute Gasteiger partial charge is 0.312 e. The van der Waals surface area contributed by atoms with Gasteiger partial charge >= 0.3 is 5.97 Å². The summed E-state index contributed by atoms with van der Waals surface area (Å²) < 4.78 is 13.3. The molecular weight excluding hydrogens is 332 g/mol. The molecule has 1 aromatic carbocycles. The first-order valence-corrected chi connectivity index (χ1v) is 8.69. The van der Waals surface area contributed by atoms with Crippen molar-refractivity contribution in [2.24, 2.45) is 0 Å². The zero-order valence-corrected chi connectivity index (χ0v) is 15.2. The Labute approximate surface area is 151 Å². The molecule has 0 saturated heterocycles. The molecule has 0 saturated carbocycles. The number of fused-ring (bicyclic) bond motifs is 3.